The third-order valence-electron chi connectivity index (χ3n) is 7.66. The highest BCUT2D eigenvalue weighted by molar-refractivity contribution is 6.31. The molecule has 2 saturated carbocycles. The third kappa shape index (κ3) is 6.39. The van der Waals surface area contributed by atoms with Gasteiger partial charge in [0.05, 0.1) is 12.7 Å². The summed E-state index contributed by atoms with van der Waals surface area (Å²) in [4.78, 5) is 16.2. The fourth-order valence-corrected chi connectivity index (χ4v) is 5.27. The molecular weight excluding hydrogens is 496 g/mol. The van der Waals surface area contributed by atoms with Crippen LogP contribution < -0.4 is 10.1 Å². The average molecular weight is 533 g/mol. The van der Waals surface area contributed by atoms with E-state index in [1.54, 1.807) is 0 Å². The number of benzene rings is 2. The first kappa shape index (κ1) is 26.7. The number of para-hydroxylation sites is 1. The first-order chi connectivity index (χ1) is 18.5. The zero-order valence-corrected chi connectivity index (χ0v) is 23.1. The molecule has 5 rings (SSSR count). The summed E-state index contributed by atoms with van der Waals surface area (Å²) in [7, 11) is 0. The van der Waals surface area contributed by atoms with Crippen LogP contribution in [-0.4, -0.2) is 23.7 Å². The van der Waals surface area contributed by atoms with Gasteiger partial charge in [0.1, 0.15) is 5.75 Å². The highest BCUT2D eigenvalue weighted by Gasteiger charge is 2.45. The number of carbonyl (C=O) groups excluding carboxylic acids is 1. The van der Waals surface area contributed by atoms with Gasteiger partial charge in [-0.15, -0.1) is 0 Å². The summed E-state index contributed by atoms with van der Waals surface area (Å²) in [5, 5.41) is 4.61. The van der Waals surface area contributed by atoms with Gasteiger partial charge in [0.15, 0.2) is 0 Å². The summed E-state index contributed by atoms with van der Waals surface area (Å²) < 4.78 is 11.3. The van der Waals surface area contributed by atoms with Crippen LogP contribution in [0.4, 0.5) is 0 Å². The van der Waals surface area contributed by atoms with Crippen LogP contribution >= 0.6 is 11.6 Å². The van der Waals surface area contributed by atoms with Crippen molar-refractivity contribution in [3.63, 3.8) is 0 Å². The summed E-state index contributed by atoms with van der Waals surface area (Å²) in [5.41, 5.74) is 5.73. The first-order valence-corrected chi connectivity index (χ1v) is 14.3. The van der Waals surface area contributed by atoms with Gasteiger partial charge in [0.2, 0.25) is 0 Å². The standard InChI is InChI=1S/C32H37ClN2O3/c1-3-37-31(36)10-6-7-22(2)23-11-14-29(33)24(19-23)20-35-32(16-17-32)28-21-34-18-15-26(28)27-8-4-5-9-30(27)38-25-12-13-25/h4-5,8-9,11,14-15,18-19,21-22,25,35H,3,6-7,10,12-13,16-17,20H2,1-2H3. The van der Waals surface area contributed by atoms with E-state index in [9.17, 15) is 4.79 Å². The molecule has 0 radical (unpaired) electrons. The van der Waals surface area contributed by atoms with E-state index in [1.165, 1.54) is 16.7 Å². The lowest BCUT2D eigenvalue weighted by Crippen LogP contribution is -2.29. The Morgan fingerprint density at radius 2 is 1.97 bits per heavy atom. The highest BCUT2D eigenvalue weighted by Crippen LogP contribution is 2.50. The maximum Gasteiger partial charge on any atom is 0.305 e. The molecule has 1 aromatic heterocycles. The quantitative estimate of drug-likeness (QED) is 0.230. The Balaban J connectivity index is 1.29. The second kappa shape index (κ2) is 11.9. The second-order valence-corrected chi connectivity index (χ2v) is 11.0. The molecule has 2 aromatic carbocycles. The zero-order chi connectivity index (χ0) is 26.5. The number of rotatable bonds is 13. The van der Waals surface area contributed by atoms with Crippen molar-refractivity contribution in [1.29, 1.82) is 0 Å². The minimum Gasteiger partial charge on any atom is -0.490 e. The Kier molecular flexibility index (Phi) is 8.35. The van der Waals surface area contributed by atoms with E-state index in [4.69, 9.17) is 21.1 Å². The Hall–Kier alpha value is -2.89. The lowest BCUT2D eigenvalue weighted by molar-refractivity contribution is -0.143. The molecule has 1 atom stereocenters. The topological polar surface area (TPSA) is 60.5 Å². The maximum atomic E-state index is 11.7. The van der Waals surface area contributed by atoms with Crippen LogP contribution in [0.5, 0.6) is 5.75 Å². The van der Waals surface area contributed by atoms with E-state index >= 15 is 0 Å². The number of hydrogen-bond acceptors (Lipinski definition) is 5. The minimum atomic E-state index is -0.124. The van der Waals surface area contributed by atoms with E-state index < -0.39 is 0 Å². The smallest absolute Gasteiger partial charge is 0.305 e. The van der Waals surface area contributed by atoms with Crippen molar-refractivity contribution in [1.82, 2.24) is 10.3 Å². The van der Waals surface area contributed by atoms with Gasteiger partial charge in [-0.05, 0) is 91.8 Å². The molecule has 0 bridgehead atoms. The van der Waals surface area contributed by atoms with Crippen molar-refractivity contribution in [2.45, 2.75) is 82.9 Å². The summed E-state index contributed by atoms with van der Waals surface area (Å²) in [6.07, 6.45) is 10.8. The largest absolute Gasteiger partial charge is 0.490 e. The van der Waals surface area contributed by atoms with Crippen LogP contribution in [0.2, 0.25) is 5.02 Å². The molecule has 0 spiro atoms. The fourth-order valence-electron chi connectivity index (χ4n) is 5.09. The second-order valence-electron chi connectivity index (χ2n) is 10.6. The molecule has 0 amide bonds. The number of aromatic nitrogens is 1. The minimum absolute atomic E-state index is 0.119. The van der Waals surface area contributed by atoms with Crippen LogP contribution in [0.3, 0.4) is 0 Å². The van der Waals surface area contributed by atoms with Crippen molar-refractivity contribution in [2.75, 3.05) is 6.61 Å². The summed E-state index contributed by atoms with van der Waals surface area (Å²) in [6, 6.07) is 16.8. The molecule has 0 saturated heterocycles. The maximum absolute atomic E-state index is 11.7. The average Bonchev–Trinajstić information content (AvgIpc) is 3.86. The Morgan fingerprint density at radius 1 is 1.16 bits per heavy atom. The van der Waals surface area contributed by atoms with Gasteiger partial charge in [-0.1, -0.05) is 48.9 Å². The van der Waals surface area contributed by atoms with Gasteiger partial charge in [0, 0.05) is 41.5 Å². The van der Waals surface area contributed by atoms with E-state index in [0.717, 1.165) is 60.4 Å². The molecule has 2 fully saturated rings. The number of esters is 1. The zero-order valence-electron chi connectivity index (χ0n) is 22.3. The van der Waals surface area contributed by atoms with E-state index in [-0.39, 0.29) is 11.5 Å². The van der Waals surface area contributed by atoms with Gasteiger partial charge in [-0.3, -0.25) is 9.78 Å². The number of ether oxygens (including phenoxy) is 2. The molecule has 3 aromatic rings. The molecule has 2 aliphatic carbocycles. The van der Waals surface area contributed by atoms with E-state index in [0.29, 0.717) is 31.6 Å². The Bertz CT molecular complexity index is 1270. The van der Waals surface area contributed by atoms with Crippen molar-refractivity contribution in [2.24, 2.45) is 0 Å². The summed E-state index contributed by atoms with van der Waals surface area (Å²) in [6.45, 7) is 5.16. The predicted molar refractivity (Wildman–Crippen MR) is 151 cm³/mol. The lowest BCUT2D eigenvalue weighted by Gasteiger charge is -2.23. The lowest BCUT2D eigenvalue weighted by atomic mass is 9.93. The van der Waals surface area contributed by atoms with Crippen molar-refractivity contribution >= 4 is 17.6 Å². The SMILES string of the molecule is CCOC(=O)CCCC(C)c1ccc(Cl)c(CNC2(c3cnccc3-c3ccccc3OC3CC3)CC2)c1. The van der Waals surface area contributed by atoms with Crippen molar-refractivity contribution < 1.29 is 14.3 Å². The number of hydrogen-bond donors (Lipinski definition) is 1. The molecule has 5 nitrogen and oxygen atoms in total. The molecule has 2 aliphatic rings. The summed E-state index contributed by atoms with van der Waals surface area (Å²) >= 11 is 6.65. The van der Waals surface area contributed by atoms with E-state index in [2.05, 4.69) is 53.6 Å². The number of carbonyl (C=O) groups is 1. The molecule has 38 heavy (non-hydrogen) atoms. The molecule has 200 valence electrons. The van der Waals surface area contributed by atoms with Crippen LogP contribution in [0, 0.1) is 0 Å². The normalized spacial score (nSPS) is 16.6. The van der Waals surface area contributed by atoms with Crippen molar-refractivity contribution in [3.05, 3.63) is 82.6 Å². The third-order valence-corrected chi connectivity index (χ3v) is 8.03. The molecule has 1 heterocycles. The van der Waals surface area contributed by atoms with E-state index in [1.807, 2.05) is 31.5 Å². The Morgan fingerprint density at radius 3 is 2.74 bits per heavy atom. The number of nitrogens with zero attached hydrogens (tertiary/aromatic N) is 1. The molecule has 6 heteroatoms. The van der Waals surface area contributed by atoms with Gasteiger partial charge >= 0.3 is 5.97 Å². The molecule has 1 N–H and O–H groups in total. The van der Waals surface area contributed by atoms with Crippen LogP contribution in [-0.2, 0) is 21.6 Å². The Labute approximate surface area is 230 Å². The van der Waals surface area contributed by atoms with Gasteiger partial charge in [0.25, 0.3) is 0 Å². The molecule has 1 unspecified atom stereocenters. The van der Waals surface area contributed by atoms with Crippen LogP contribution in [0.25, 0.3) is 11.1 Å². The van der Waals surface area contributed by atoms with Crippen LogP contribution in [0.1, 0.15) is 81.4 Å². The van der Waals surface area contributed by atoms with Gasteiger partial charge in [-0.2, -0.15) is 0 Å². The monoisotopic (exact) mass is 532 g/mol. The molecular formula is C32H37ClN2O3. The number of halogens is 1. The van der Waals surface area contributed by atoms with Crippen LogP contribution in [0.15, 0.2) is 60.9 Å². The predicted octanol–water partition coefficient (Wildman–Crippen LogP) is 7.56. The van der Waals surface area contributed by atoms with Gasteiger partial charge < -0.3 is 14.8 Å². The fraction of sp³-hybridized carbons (Fsp3) is 0.438. The number of pyridine rings is 1. The molecule has 0 aliphatic heterocycles. The highest BCUT2D eigenvalue weighted by atomic mass is 35.5. The van der Waals surface area contributed by atoms with Gasteiger partial charge in [-0.25, -0.2) is 0 Å². The number of nitrogens with one attached hydrogen (secondary N) is 1. The van der Waals surface area contributed by atoms with Crippen molar-refractivity contribution in [3.8, 4) is 16.9 Å². The first-order valence-electron chi connectivity index (χ1n) is 13.9. The summed E-state index contributed by atoms with van der Waals surface area (Å²) in [5.74, 6) is 1.17.